The van der Waals surface area contributed by atoms with Crippen molar-refractivity contribution in [3.63, 3.8) is 0 Å². The van der Waals surface area contributed by atoms with Crippen LogP contribution in [0, 0.1) is 5.92 Å². The molecule has 1 fully saturated rings. The van der Waals surface area contributed by atoms with Crippen LogP contribution in [-0.4, -0.2) is 75.9 Å². The number of fused-ring (bicyclic) bond motifs is 1. The fraction of sp³-hybridized carbons (Fsp3) is 0.440. The molecule has 36 heavy (non-hydrogen) atoms. The average Bonchev–Trinajstić information content (AvgIpc) is 2.91. The highest BCUT2D eigenvalue weighted by molar-refractivity contribution is 7.89. The highest BCUT2D eigenvalue weighted by Crippen LogP contribution is 2.34. The van der Waals surface area contributed by atoms with Gasteiger partial charge in [-0.1, -0.05) is 0 Å². The molecule has 2 amide bonds. The molecule has 4 rings (SSSR count). The number of carbonyl (C=O) groups is 2. The van der Waals surface area contributed by atoms with Crippen LogP contribution in [0.15, 0.2) is 47.4 Å². The van der Waals surface area contributed by atoms with Crippen molar-refractivity contribution >= 4 is 27.5 Å². The minimum atomic E-state index is -3.73. The van der Waals surface area contributed by atoms with E-state index in [1.165, 1.54) is 21.3 Å². The number of rotatable bonds is 8. The molecule has 0 radical (unpaired) electrons. The first-order valence-corrected chi connectivity index (χ1v) is 13.4. The average molecular weight is 518 g/mol. The van der Waals surface area contributed by atoms with Crippen LogP contribution in [-0.2, 0) is 19.6 Å². The Morgan fingerprint density at radius 2 is 1.72 bits per heavy atom. The molecular formula is C25H31N3O7S. The van der Waals surface area contributed by atoms with E-state index in [-0.39, 0.29) is 42.3 Å². The third-order valence-electron chi connectivity index (χ3n) is 6.36. The topological polar surface area (TPSA) is 114 Å². The summed E-state index contributed by atoms with van der Waals surface area (Å²) >= 11 is 0. The van der Waals surface area contributed by atoms with E-state index in [0.717, 1.165) is 0 Å². The maximum Gasteiger partial charge on any atom is 0.243 e. The molecule has 2 heterocycles. The molecule has 0 spiro atoms. The summed E-state index contributed by atoms with van der Waals surface area (Å²) in [7, 11) is -2.16. The van der Waals surface area contributed by atoms with Gasteiger partial charge in [0, 0.05) is 37.3 Å². The summed E-state index contributed by atoms with van der Waals surface area (Å²) in [6, 6.07) is 11.5. The zero-order valence-corrected chi connectivity index (χ0v) is 21.3. The maximum absolute atomic E-state index is 13.2. The molecule has 11 heteroatoms. The van der Waals surface area contributed by atoms with Gasteiger partial charge in [0.2, 0.25) is 21.8 Å². The number of methoxy groups -OCH3 is 1. The van der Waals surface area contributed by atoms with E-state index in [9.17, 15) is 18.0 Å². The van der Waals surface area contributed by atoms with Crippen molar-refractivity contribution in [3.8, 4) is 17.2 Å². The fourth-order valence-corrected chi connectivity index (χ4v) is 5.81. The van der Waals surface area contributed by atoms with Crippen LogP contribution in [0.3, 0.4) is 0 Å². The van der Waals surface area contributed by atoms with E-state index in [4.69, 9.17) is 14.2 Å². The number of anilines is 1. The number of hydrogen-bond donors (Lipinski definition) is 1. The predicted octanol–water partition coefficient (Wildman–Crippen LogP) is 2.35. The van der Waals surface area contributed by atoms with Crippen LogP contribution < -0.4 is 19.5 Å². The minimum absolute atomic E-state index is 0.0723. The van der Waals surface area contributed by atoms with Gasteiger partial charge >= 0.3 is 0 Å². The van der Waals surface area contributed by atoms with Crippen molar-refractivity contribution < 1.29 is 32.2 Å². The van der Waals surface area contributed by atoms with Gasteiger partial charge in [-0.2, -0.15) is 4.31 Å². The van der Waals surface area contributed by atoms with E-state index in [2.05, 4.69) is 5.32 Å². The number of benzene rings is 2. The smallest absolute Gasteiger partial charge is 0.243 e. The van der Waals surface area contributed by atoms with Crippen LogP contribution in [0.1, 0.15) is 19.8 Å². The van der Waals surface area contributed by atoms with E-state index in [1.54, 1.807) is 37.4 Å². The van der Waals surface area contributed by atoms with Gasteiger partial charge in [0.25, 0.3) is 0 Å². The van der Waals surface area contributed by atoms with Crippen LogP contribution >= 0.6 is 0 Å². The van der Waals surface area contributed by atoms with Gasteiger partial charge in [0.1, 0.15) is 19.0 Å². The van der Waals surface area contributed by atoms with Gasteiger partial charge in [0.15, 0.2) is 11.5 Å². The lowest BCUT2D eigenvalue weighted by Crippen LogP contribution is -2.46. The molecule has 0 aromatic heterocycles. The Morgan fingerprint density at radius 1 is 1.06 bits per heavy atom. The van der Waals surface area contributed by atoms with Gasteiger partial charge in [-0.3, -0.25) is 9.59 Å². The number of sulfonamides is 1. The number of hydrogen-bond acceptors (Lipinski definition) is 7. The van der Waals surface area contributed by atoms with Crippen molar-refractivity contribution in [3.05, 3.63) is 42.5 Å². The van der Waals surface area contributed by atoms with E-state index >= 15 is 0 Å². The molecule has 2 aliphatic rings. The second kappa shape index (κ2) is 11.2. The van der Waals surface area contributed by atoms with Gasteiger partial charge in [-0.05, 0) is 56.2 Å². The Labute approximate surface area is 211 Å². The normalized spacial score (nSPS) is 16.3. The number of nitrogens with one attached hydrogen (secondary N) is 1. The highest BCUT2D eigenvalue weighted by atomic mass is 32.2. The Bertz CT molecular complexity index is 1190. The SMILES string of the molecule is CCN(CC(=O)Nc1ccc(OC)cc1)C(=O)C1CCN(S(=O)(=O)c2ccc3c(c2)OCCO3)CC1. The summed E-state index contributed by atoms with van der Waals surface area (Å²) in [4.78, 5) is 27.3. The van der Waals surface area contributed by atoms with Crippen molar-refractivity contribution in [1.82, 2.24) is 9.21 Å². The van der Waals surface area contributed by atoms with Crippen LogP contribution in [0.25, 0.3) is 0 Å². The molecule has 1 saturated heterocycles. The number of likely N-dealkylation sites (N-methyl/N-ethyl adjacent to an activating group) is 1. The second-order valence-electron chi connectivity index (χ2n) is 8.61. The summed E-state index contributed by atoms with van der Waals surface area (Å²) in [6.07, 6.45) is 0.776. The number of ether oxygens (including phenoxy) is 3. The standard InChI is InChI=1S/C25H31N3O7S/c1-3-27(17-24(29)26-19-4-6-20(33-2)7-5-19)25(30)18-10-12-28(13-11-18)36(31,32)21-8-9-22-23(16-21)35-15-14-34-22/h4-9,16,18H,3,10-15,17H2,1-2H3,(H,26,29). The van der Waals surface area contributed by atoms with E-state index in [1.807, 2.05) is 6.92 Å². The lowest BCUT2D eigenvalue weighted by molar-refractivity contribution is -0.139. The van der Waals surface area contributed by atoms with Crippen LogP contribution in [0.5, 0.6) is 17.2 Å². The number of piperidine rings is 1. The monoisotopic (exact) mass is 517 g/mol. The summed E-state index contributed by atoms with van der Waals surface area (Å²) in [5.74, 6) is 0.845. The molecule has 194 valence electrons. The van der Waals surface area contributed by atoms with Crippen LogP contribution in [0.4, 0.5) is 5.69 Å². The van der Waals surface area contributed by atoms with E-state index < -0.39 is 10.0 Å². The molecule has 2 aliphatic heterocycles. The first-order chi connectivity index (χ1) is 17.3. The lowest BCUT2D eigenvalue weighted by Gasteiger charge is -2.33. The molecule has 0 unspecified atom stereocenters. The molecule has 2 aromatic rings. The quantitative estimate of drug-likeness (QED) is 0.572. The predicted molar refractivity (Wildman–Crippen MR) is 133 cm³/mol. The number of carbonyl (C=O) groups excluding carboxylic acids is 2. The van der Waals surface area contributed by atoms with Crippen molar-refractivity contribution in [2.75, 3.05) is 51.8 Å². The largest absolute Gasteiger partial charge is 0.497 e. The second-order valence-corrected chi connectivity index (χ2v) is 10.6. The number of amides is 2. The molecular weight excluding hydrogens is 486 g/mol. The van der Waals surface area contributed by atoms with Gasteiger partial charge in [-0.25, -0.2) is 8.42 Å². The maximum atomic E-state index is 13.2. The summed E-state index contributed by atoms with van der Waals surface area (Å²) < 4.78 is 43.8. The van der Waals surface area contributed by atoms with Crippen molar-refractivity contribution in [2.45, 2.75) is 24.7 Å². The zero-order valence-electron chi connectivity index (χ0n) is 20.4. The third kappa shape index (κ3) is 5.73. The molecule has 10 nitrogen and oxygen atoms in total. The van der Waals surface area contributed by atoms with Crippen LogP contribution in [0.2, 0.25) is 0 Å². The Balaban J connectivity index is 1.33. The summed E-state index contributed by atoms with van der Waals surface area (Å²) in [5.41, 5.74) is 0.613. The highest BCUT2D eigenvalue weighted by Gasteiger charge is 2.34. The molecule has 2 aromatic carbocycles. The molecule has 0 atom stereocenters. The molecule has 1 N–H and O–H groups in total. The Morgan fingerprint density at radius 3 is 2.36 bits per heavy atom. The molecule has 0 aliphatic carbocycles. The Kier molecular flexibility index (Phi) is 8.00. The Hall–Kier alpha value is -3.31. The minimum Gasteiger partial charge on any atom is -0.497 e. The first-order valence-electron chi connectivity index (χ1n) is 11.9. The van der Waals surface area contributed by atoms with Crippen molar-refractivity contribution in [2.24, 2.45) is 5.92 Å². The molecule has 0 bridgehead atoms. The van der Waals surface area contributed by atoms with Gasteiger partial charge in [0.05, 0.1) is 18.6 Å². The van der Waals surface area contributed by atoms with Crippen molar-refractivity contribution in [1.29, 1.82) is 0 Å². The summed E-state index contributed by atoms with van der Waals surface area (Å²) in [5, 5.41) is 2.79. The van der Waals surface area contributed by atoms with Gasteiger partial charge in [-0.15, -0.1) is 0 Å². The first kappa shape index (κ1) is 25.8. The number of nitrogens with zero attached hydrogens (tertiary/aromatic N) is 2. The van der Waals surface area contributed by atoms with Gasteiger partial charge < -0.3 is 24.4 Å². The fourth-order valence-electron chi connectivity index (χ4n) is 4.33. The zero-order chi connectivity index (χ0) is 25.7. The summed E-state index contributed by atoms with van der Waals surface area (Å²) in [6.45, 7) is 3.38. The third-order valence-corrected chi connectivity index (χ3v) is 8.25. The molecule has 0 saturated carbocycles. The lowest BCUT2D eigenvalue weighted by atomic mass is 9.96. The van der Waals surface area contributed by atoms with E-state index in [0.29, 0.717) is 55.5 Å².